The summed E-state index contributed by atoms with van der Waals surface area (Å²) in [6, 6.07) is 4.97. The van der Waals surface area contributed by atoms with Crippen molar-refractivity contribution in [2.75, 3.05) is 0 Å². The molecule has 0 radical (unpaired) electrons. The van der Waals surface area contributed by atoms with E-state index >= 15 is 0 Å². The highest BCUT2D eigenvalue weighted by molar-refractivity contribution is 6.30. The van der Waals surface area contributed by atoms with Gasteiger partial charge in [0.1, 0.15) is 11.5 Å². The molecule has 5 heteroatoms. The molecule has 2 aromatic rings. The van der Waals surface area contributed by atoms with Crippen LogP contribution in [0.25, 0.3) is 0 Å². The molecule has 96 valence electrons. The Balaban J connectivity index is 1.94. The average molecular weight is 267 g/mol. The van der Waals surface area contributed by atoms with Gasteiger partial charge in [0, 0.05) is 17.1 Å². The van der Waals surface area contributed by atoms with E-state index in [2.05, 4.69) is 10.3 Å². The maximum atomic E-state index is 9.64. The first-order chi connectivity index (χ1) is 8.56. The molecule has 0 aliphatic rings. The smallest absolute Gasteiger partial charge is 0.208 e. The molecular weight excluding hydrogens is 252 g/mol. The molecule has 0 saturated heterocycles. The lowest BCUT2D eigenvalue weighted by Gasteiger charge is -2.05. The Morgan fingerprint density at radius 1 is 1.33 bits per heavy atom. The molecule has 2 N–H and O–H groups in total. The van der Waals surface area contributed by atoms with E-state index < -0.39 is 0 Å². The van der Waals surface area contributed by atoms with E-state index in [4.69, 9.17) is 16.0 Å². The van der Waals surface area contributed by atoms with Crippen molar-refractivity contribution in [3.63, 3.8) is 0 Å². The summed E-state index contributed by atoms with van der Waals surface area (Å²) in [4.78, 5) is 4.26. The summed E-state index contributed by atoms with van der Waals surface area (Å²) in [5.74, 6) is 1.70. The second kappa shape index (κ2) is 5.42. The topological polar surface area (TPSA) is 58.3 Å². The summed E-state index contributed by atoms with van der Waals surface area (Å²) >= 11 is 5.87. The number of hydrogen-bond acceptors (Lipinski definition) is 4. The van der Waals surface area contributed by atoms with Crippen molar-refractivity contribution in [3.05, 3.63) is 46.1 Å². The van der Waals surface area contributed by atoms with Crippen LogP contribution in [0.1, 0.15) is 22.9 Å². The van der Waals surface area contributed by atoms with Crippen LogP contribution in [0, 0.1) is 13.8 Å². The molecule has 18 heavy (non-hydrogen) atoms. The van der Waals surface area contributed by atoms with Gasteiger partial charge in [-0.2, -0.15) is 0 Å². The molecule has 0 aliphatic carbocycles. The molecule has 4 nitrogen and oxygen atoms in total. The fourth-order valence-electron chi connectivity index (χ4n) is 1.61. The number of phenolic OH excluding ortho intramolecular Hbond substituents is 1. The molecule has 0 unspecified atom stereocenters. The van der Waals surface area contributed by atoms with Gasteiger partial charge in [-0.3, -0.25) is 0 Å². The summed E-state index contributed by atoms with van der Waals surface area (Å²) in [6.07, 6.45) is 0. The van der Waals surface area contributed by atoms with E-state index in [0.717, 1.165) is 17.0 Å². The van der Waals surface area contributed by atoms with Crippen LogP contribution in [0.2, 0.25) is 5.02 Å². The molecule has 0 amide bonds. The second-order valence-electron chi connectivity index (χ2n) is 4.13. The van der Waals surface area contributed by atoms with Crippen molar-refractivity contribution in [3.8, 4) is 5.75 Å². The number of aryl methyl sites for hydroxylation is 2. The van der Waals surface area contributed by atoms with E-state index in [0.29, 0.717) is 24.0 Å². The summed E-state index contributed by atoms with van der Waals surface area (Å²) in [5, 5.41) is 13.4. The van der Waals surface area contributed by atoms with Crippen LogP contribution >= 0.6 is 11.6 Å². The highest BCUT2D eigenvalue weighted by Gasteiger charge is 2.06. The number of phenols is 1. The quantitative estimate of drug-likeness (QED) is 0.893. The fourth-order valence-corrected chi connectivity index (χ4v) is 1.81. The lowest BCUT2D eigenvalue weighted by Crippen LogP contribution is -2.13. The summed E-state index contributed by atoms with van der Waals surface area (Å²) in [7, 11) is 0. The monoisotopic (exact) mass is 266 g/mol. The number of rotatable bonds is 4. The van der Waals surface area contributed by atoms with E-state index in [1.54, 1.807) is 18.2 Å². The van der Waals surface area contributed by atoms with Crippen LogP contribution in [0.15, 0.2) is 22.6 Å². The second-order valence-corrected chi connectivity index (χ2v) is 4.56. The van der Waals surface area contributed by atoms with Crippen molar-refractivity contribution in [2.24, 2.45) is 0 Å². The van der Waals surface area contributed by atoms with Crippen molar-refractivity contribution in [1.82, 2.24) is 10.3 Å². The predicted octanol–water partition coefficient (Wildman–Crippen LogP) is 2.94. The first-order valence-corrected chi connectivity index (χ1v) is 6.05. The van der Waals surface area contributed by atoms with Crippen LogP contribution in [0.4, 0.5) is 0 Å². The van der Waals surface area contributed by atoms with Crippen LogP contribution < -0.4 is 5.32 Å². The van der Waals surface area contributed by atoms with Crippen molar-refractivity contribution < 1.29 is 9.52 Å². The van der Waals surface area contributed by atoms with Crippen LogP contribution in [-0.2, 0) is 13.1 Å². The molecule has 1 aromatic carbocycles. The largest absolute Gasteiger partial charge is 0.508 e. The third kappa shape index (κ3) is 3.03. The Kier molecular flexibility index (Phi) is 3.89. The SMILES string of the molecule is Cc1nc(CNCc2cc(Cl)ccc2O)oc1C. The zero-order valence-electron chi connectivity index (χ0n) is 10.3. The average Bonchev–Trinajstić information content (AvgIpc) is 2.63. The lowest BCUT2D eigenvalue weighted by molar-refractivity contribution is 0.440. The Labute approximate surface area is 111 Å². The number of nitrogens with zero attached hydrogens (tertiary/aromatic N) is 1. The van der Waals surface area contributed by atoms with Gasteiger partial charge in [0.25, 0.3) is 0 Å². The maximum absolute atomic E-state index is 9.64. The molecule has 0 saturated carbocycles. The Morgan fingerprint density at radius 3 is 2.78 bits per heavy atom. The van der Waals surface area contributed by atoms with E-state index in [9.17, 15) is 5.11 Å². The first kappa shape index (κ1) is 12.9. The number of nitrogens with one attached hydrogen (secondary N) is 1. The molecule has 1 heterocycles. The number of aromatic hydroxyl groups is 1. The summed E-state index contributed by atoms with van der Waals surface area (Å²) in [6.45, 7) is 4.81. The minimum absolute atomic E-state index is 0.228. The summed E-state index contributed by atoms with van der Waals surface area (Å²) < 4.78 is 5.44. The van der Waals surface area contributed by atoms with Gasteiger partial charge in [0.2, 0.25) is 5.89 Å². The maximum Gasteiger partial charge on any atom is 0.208 e. The van der Waals surface area contributed by atoms with Gasteiger partial charge in [-0.25, -0.2) is 4.98 Å². The molecule has 2 rings (SSSR count). The molecule has 0 spiro atoms. The van der Waals surface area contributed by atoms with Crippen molar-refractivity contribution >= 4 is 11.6 Å². The Bertz CT molecular complexity index is 532. The number of hydrogen-bond donors (Lipinski definition) is 2. The van der Waals surface area contributed by atoms with Crippen LogP contribution in [0.3, 0.4) is 0 Å². The van der Waals surface area contributed by atoms with Crippen molar-refractivity contribution in [2.45, 2.75) is 26.9 Å². The molecule has 0 atom stereocenters. The Morgan fingerprint density at radius 2 is 2.11 bits per heavy atom. The standard InChI is InChI=1S/C13H15ClN2O2/c1-8-9(2)18-13(16-8)7-15-6-10-5-11(14)3-4-12(10)17/h3-5,15,17H,6-7H2,1-2H3. The minimum Gasteiger partial charge on any atom is -0.508 e. The van der Waals surface area contributed by atoms with Crippen molar-refractivity contribution in [1.29, 1.82) is 0 Å². The van der Waals surface area contributed by atoms with Gasteiger partial charge in [-0.1, -0.05) is 11.6 Å². The number of halogens is 1. The number of benzene rings is 1. The van der Waals surface area contributed by atoms with Gasteiger partial charge >= 0.3 is 0 Å². The minimum atomic E-state index is 0.228. The highest BCUT2D eigenvalue weighted by atomic mass is 35.5. The van der Waals surface area contributed by atoms with Gasteiger partial charge in [-0.05, 0) is 32.0 Å². The first-order valence-electron chi connectivity index (χ1n) is 5.67. The molecular formula is C13H15ClN2O2. The molecule has 0 bridgehead atoms. The number of aromatic nitrogens is 1. The van der Waals surface area contributed by atoms with Crippen LogP contribution in [-0.4, -0.2) is 10.1 Å². The van der Waals surface area contributed by atoms with Gasteiger partial charge in [0.15, 0.2) is 0 Å². The lowest BCUT2D eigenvalue weighted by atomic mass is 10.2. The van der Waals surface area contributed by atoms with E-state index in [-0.39, 0.29) is 5.75 Å². The third-order valence-electron chi connectivity index (χ3n) is 2.71. The fraction of sp³-hybridized carbons (Fsp3) is 0.308. The number of oxazole rings is 1. The van der Waals surface area contributed by atoms with Gasteiger partial charge in [-0.15, -0.1) is 0 Å². The highest BCUT2D eigenvalue weighted by Crippen LogP contribution is 2.21. The third-order valence-corrected chi connectivity index (χ3v) is 2.94. The predicted molar refractivity (Wildman–Crippen MR) is 69.6 cm³/mol. The molecule has 0 fully saturated rings. The summed E-state index contributed by atoms with van der Waals surface area (Å²) in [5.41, 5.74) is 1.65. The van der Waals surface area contributed by atoms with E-state index in [1.807, 2.05) is 13.8 Å². The Hall–Kier alpha value is -1.52. The zero-order valence-corrected chi connectivity index (χ0v) is 11.1. The van der Waals surface area contributed by atoms with E-state index in [1.165, 1.54) is 0 Å². The molecule has 1 aromatic heterocycles. The molecule has 0 aliphatic heterocycles. The van der Waals surface area contributed by atoms with Crippen LogP contribution in [0.5, 0.6) is 5.75 Å². The van der Waals surface area contributed by atoms with Gasteiger partial charge in [0.05, 0.1) is 12.2 Å². The zero-order chi connectivity index (χ0) is 13.1. The normalized spacial score (nSPS) is 10.8. The van der Waals surface area contributed by atoms with Gasteiger partial charge < -0.3 is 14.8 Å².